The smallest absolute Gasteiger partial charge is 0.281 e. The second-order valence-electron chi connectivity index (χ2n) is 7.46. The van der Waals surface area contributed by atoms with Crippen molar-refractivity contribution in [3.63, 3.8) is 0 Å². The topological polar surface area (TPSA) is 129 Å². The van der Waals surface area contributed by atoms with Crippen LogP contribution in [0.2, 0.25) is 0 Å². The predicted octanol–water partition coefficient (Wildman–Crippen LogP) is 0.508. The number of nitrogens with one attached hydrogen (secondary N) is 3. The van der Waals surface area contributed by atoms with Gasteiger partial charge in [0.05, 0.1) is 4.90 Å². The molecule has 3 N–H and O–H groups in total. The minimum Gasteiger partial charge on any atom is -0.354 e. The molecule has 0 bridgehead atoms. The molecule has 12 heteroatoms. The molecule has 2 heterocycles. The Morgan fingerprint density at radius 3 is 1.93 bits per heavy atom. The van der Waals surface area contributed by atoms with Crippen LogP contribution in [-0.4, -0.2) is 53.6 Å². The number of hydrogen-bond acceptors (Lipinski definition) is 9. The van der Waals surface area contributed by atoms with Crippen molar-refractivity contribution >= 4 is 21.9 Å². The van der Waals surface area contributed by atoms with E-state index in [1.54, 1.807) is 24.3 Å². The number of benzene rings is 1. The lowest BCUT2D eigenvalue weighted by Crippen LogP contribution is -2.57. The van der Waals surface area contributed by atoms with E-state index in [9.17, 15) is 8.42 Å². The van der Waals surface area contributed by atoms with E-state index in [1.807, 2.05) is 34.6 Å². The second-order valence-corrected chi connectivity index (χ2v) is 9.25. The van der Waals surface area contributed by atoms with Crippen LogP contribution in [0.4, 0.5) is 0 Å². The highest BCUT2D eigenvalue weighted by Crippen LogP contribution is 2.20. The summed E-state index contributed by atoms with van der Waals surface area (Å²) in [5.41, 5.74) is 0.953. The monoisotopic (exact) mass is 433 g/mol. The molecule has 0 radical (unpaired) electrons. The molecule has 0 amide bonds. The van der Waals surface area contributed by atoms with Gasteiger partial charge in [0.25, 0.3) is 16.3 Å². The summed E-state index contributed by atoms with van der Waals surface area (Å²) >= 11 is 0. The largest absolute Gasteiger partial charge is 0.354 e. The molecule has 0 fully saturated rings. The van der Waals surface area contributed by atoms with E-state index in [-0.39, 0.29) is 17.0 Å². The number of aliphatic imine (C=N–C) groups is 2. The lowest BCUT2D eigenvalue weighted by molar-refractivity contribution is 0.525. The number of sulfonamides is 1. The van der Waals surface area contributed by atoms with Crippen molar-refractivity contribution in [3.8, 4) is 0 Å². The molecule has 0 spiro atoms. The lowest BCUT2D eigenvalue weighted by Gasteiger charge is -2.31. The van der Waals surface area contributed by atoms with Gasteiger partial charge in [-0.3, -0.25) is 5.32 Å². The zero-order chi connectivity index (χ0) is 21.9. The van der Waals surface area contributed by atoms with Crippen LogP contribution >= 0.6 is 0 Å². The van der Waals surface area contributed by atoms with Gasteiger partial charge in [0, 0.05) is 12.1 Å². The van der Waals surface area contributed by atoms with E-state index in [0.717, 1.165) is 9.98 Å². The fraction of sp³-hybridized carbons (Fsp3) is 0.444. The van der Waals surface area contributed by atoms with Crippen molar-refractivity contribution in [1.29, 1.82) is 0 Å². The van der Waals surface area contributed by atoms with Gasteiger partial charge in [-0.25, -0.2) is 14.7 Å². The van der Waals surface area contributed by atoms with Crippen LogP contribution in [0.25, 0.3) is 0 Å². The van der Waals surface area contributed by atoms with Crippen molar-refractivity contribution in [2.75, 3.05) is 4.41 Å². The zero-order valence-electron chi connectivity index (χ0n) is 17.6. The molecule has 0 saturated heterocycles. The third-order valence-electron chi connectivity index (χ3n) is 3.97. The van der Waals surface area contributed by atoms with Crippen LogP contribution in [0.5, 0.6) is 0 Å². The summed E-state index contributed by atoms with van der Waals surface area (Å²) in [7, 11) is -4.03. The Balaban J connectivity index is 2.09. The summed E-state index contributed by atoms with van der Waals surface area (Å²) in [6.07, 6.45) is 1.48. The number of rotatable bonds is 6. The first kappa shape index (κ1) is 21.6. The molecular formula is C18H27N9O2S. The highest BCUT2D eigenvalue weighted by Gasteiger charge is 2.34. The number of aromatic nitrogens is 3. The molecule has 1 aliphatic heterocycles. The Morgan fingerprint density at radius 1 is 0.967 bits per heavy atom. The average Bonchev–Trinajstić information content (AvgIpc) is 3.14. The van der Waals surface area contributed by atoms with Gasteiger partial charge in [0.15, 0.2) is 0 Å². The molecule has 1 aromatic carbocycles. The number of nitrogens with zero attached hydrogens (tertiary/aromatic N) is 6. The van der Waals surface area contributed by atoms with Gasteiger partial charge in [-0.15, -0.1) is 10.2 Å². The Labute approximate surface area is 176 Å². The van der Waals surface area contributed by atoms with Gasteiger partial charge in [-0.2, -0.15) is 12.8 Å². The van der Waals surface area contributed by atoms with Gasteiger partial charge in [-0.05, 0) is 46.8 Å². The maximum atomic E-state index is 13.5. The lowest BCUT2D eigenvalue weighted by atomic mass is 10.2. The molecule has 1 aromatic heterocycles. The second kappa shape index (κ2) is 8.69. The zero-order valence-corrected chi connectivity index (χ0v) is 18.4. The number of guanidine groups is 2. The summed E-state index contributed by atoms with van der Waals surface area (Å²) in [6.45, 7) is 9.73. The first-order valence-electron chi connectivity index (χ1n) is 9.58. The van der Waals surface area contributed by atoms with Crippen LogP contribution in [0.15, 0.2) is 51.8 Å². The standard InChI is InChI=1S/C18H27N9O2S/c1-12(2)21-16-23-17(22-13(3)4)25-18(24-16)27(26-10-19-20-11-26)30(28,29)15-8-6-14(5)7-9-15/h6-13,18H,1-5H3,(H3,21,22,23,24,25). The third kappa shape index (κ3) is 4.87. The molecule has 0 unspecified atom stereocenters. The maximum Gasteiger partial charge on any atom is 0.281 e. The Kier molecular flexibility index (Phi) is 6.25. The van der Waals surface area contributed by atoms with Gasteiger partial charge >= 0.3 is 0 Å². The third-order valence-corrected chi connectivity index (χ3v) is 5.71. The quantitative estimate of drug-likeness (QED) is 0.605. The van der Waals surface area contributed by atoms with E-state index in [1.165, 1.54) is 17.3 Å². The molecule has 0 saturated carbocycles. The first-order valence-corrected chi connectivity index (χ1v) is 11.0. The van der Waals surface area contributed by atoms with E-state index in [4.69, 9.17) is 0 Å². The van der Waals surface area contributed by atoms with E-state index in [2.05, 4.69) is 36.1 Å². The van der Waals surface area contributed by atoms with Gasteiger partial charge in [0.1, 0.15) is 12.7 Å². The van der Waals surface area contributed by atoms with Crippen molar-refractivity contribution in [1.82, 2.24) is 30.8 Å². The highest BCUT2D eigenvalue weighted by atomic mass is 32.2. The summed E-state index contributed by atoms with van der Waals surface area (Å²) in [6, 6.07) is 6.74. The first-order chi connectivity index (χ1) is 14.2. The maximum absolute atomic E-state index is 13.5. The average molecular weight is 434 g/mol. The Bertz CT molecular complexity index is 986. The SMILES string of the molecule is Cc1ccc(S(=O)(=O)N(C2N=C(NC(C)C)NC(NC(C)C)=N2)n2cnnc2)cc1. The summed E-state index contributed by atoms with van der Waals surface area (Å²) in [5.74, 6) is 0.815. The molecule has 0 aliphatic carbocycles. The van der Waals surface area contributed by atoms with Crippen molar-refractivity contribution < 1.29 is 8.42 Å². The van der Waals surface area contributed by atoms with Crippen LogP contribution < -0.4 is 20.4 Å². The molecule has 162 valence electrons. The highest BCUT2D eigenvalue weighted by molar-refractivity contribution is 7.92. The van der Waals surface area contributed by atoms with Crippen molar-refractivity contribution in [3.05, 3.63) is 42.5 Å². The summed E-state index contributed by atoms with van der Waals surface area (Å²) < 4.78 is 29.4. The van der Waals surface area contributed by atoms with Gasteiger partial charge < -0.3 is 10.6 Å². The fourth-order valence-corrected chi connectivity index (χ4v) is 4.08. The van der Waals surface area contributed by atoms with E-state index < -0.39 is 16.3 Å². The minimum atomic E-state index is -4.03. The molecule has 0 atom stereocenters. The van der Waals surface area contributed by atoms with Crippen LogP contribution in [0.3, 0.4) is 0 Å². The Morgan fingerprint density at radius 2 is 1.47 bits per heavy atom. The normalized spacial score (nSPS) is 14.9. The van der Waals surface area contributed by atoms with Crippen molar-refractivity contribution in [2.45, 2.75) is 57.9 Å². The van der Waals surface area contributed by atoms with E-state index in [0.29, 0.717) is 11.9 Å². The fourth-order valence-electron chi connectivity index (χ4n) is 2.71. The molecule has 3 rings (SSSR count). The molecule has 1 aliphatic rings. The minimum absolute atomic E-state index is 0.0763. The number of hydrogen-bond donors (Lipinski definition) is 3. The predicted molar refractivity (Wildman–Crippen MR) is 115 cm³/mol. The Hall–Kier alpha value is -3.15. The number of aryl methyl sites for hydroxylation is 1. The molecule has 11 nitrogen and oxygen atoms in total. The van der Waals surface area contributed by atoms with Crippen LogP contribution in [0, 0.1) is 6.92 Å². The van der Waals surface area contributed by atoms with Crippen LogP contribution in [-0.2, 0) is 10.0 Å². The summed E-state index contributed by atoms with van der Waals surface area (Å²) in [5, 5.41) is 16.9. The van der Waals surface area contributed by atoms with Crippen LogP contribution in [0.1, 0.15) is 33.3 Å². The van der Waals surface area contributed by atoms with E-state index >= 15 is 0 Å². The van der Waals surface area contributed by atoms with Crippen molar-refractivity contribution in [2.24, 2.45) is 9.98 Å². The van der Waals surface area contributed by atoms with Gasteiger partial charge in [-0.1, -0.05) is 17.7 Å². The molecule has 30 heavy (non-hydrogen) atoms. The molecule has 2 aromatic rings. The molecular weight excluding hydrogens is 406 g/mol. The van der Waals surface area contributed by atoms with Gasteiger partial charge in [0.2, 0.25) is 11.9 Å². The summed E-state index contributed by atoms with van der Waals surface area (Å²) in [4.78, 5) is 9.08.